The Hall–Kier alpha value is -3.15. The van der Waals surface area contributed by atoms with Crippen molar-refractivity contribution >= 4 is 17.9 Å². The van der Waals surface area contributed by atoms with Gasteiger partial charge in [-0.1, -0.05) is 18.2 Å². The van der Waals surface area contributed by atoms with Gasteiger partial charge in [0.2, 0.25) is 0 Å². The van der Waals surface area contributed by atoms with Crippen LogP contribution < -0.4 is 15.6 Å². The van der Waals surface area contributed by atoms with Gasteiger partial charge >= 0.3 is 0 Å². The molecule has 2 rings (SSSR count). The molecule has 0 radical (unpaired) electrons. The van der Waals surface area contributed by atoms with E-state index in [1.54, 1.807) is 24.4 Å². The third kappa shape index (κ3) is 4.96. The average Bonchev–Trinajstić information content (AvgIpc) is 2.60. The molecule has 0 aliphatic heterocycles. The Labute approximate surface area is 134 Å². The van der Waals surface area contributed by atoms with Crippen LogP contribution in [0.3, 0.4) is 0 Å². The highest BCUT2D eigenvalue weighted by atomic mass is 16.5. The van der Waals surface area contributed by atoms with Gasteiger partial charge in [0.1, 0.15) is 5.75 Å². The number of hydrogen-bond acceptors (Lipinski definition) is 4. The van der Waals surface area contributed by atoms with E-state index in [0.717, 1.165) is 5.56 Å². The summed E-state index contributed by atoms with van der Waals surface area (Å²) in [6.45, 7) is 2.43. The highest BCUT2D eigenvalue weighted by molar-refractivity contribution is 5.97. The molecule has 2 aromatic rings. The predicted octanol–water partition coefficient (Wildman–Crippen LogP) is 1.95. The molecule has 2 N–H and O–H groups in total. The van der Waals surface area contributed by atoms with Crippen LogP contribution in [0.15, 0.2) is 54.9 Å². The van der Waals surface area contributed by atoms with Crippen LogP contribution in [0, 0.1) is 0 Å². The number of nitrogens with one attached hydrogen (secondary N) is 2. The van der Waals surface area contributed by atoms with E-state index in [0.29, 0.717) is 17.9 Å². The fourth-order valence-corrected chi connectivity index (χ4v) is 1.80. The van der Waals surface area contributed by atoms with E-state index in [-0.39, 0.29) is 0 Å². The van der Waals surface area contributed by atoms with Crippen molar-refractivity contribution in [3.8, 4) is 5.75 Å². The fourth-order valence-electron chi connectivity index (χ4n) is 1.80. The normalized spacial score (nSPS) is 10.3. The maximum atomic E-state index is 11.8. The molecule has 0 spiro atoms. The number of amides is 2. The minimum atomic E-state index is -0.450. The van der Waals surface area contributed by atoms with Crippen LogP contribution in [-0.2, 0) is 4.79 Å². The zero-order valence-electron chi connectivity index (χ0n) is 12.7. The Kier molecular flexibility index (Phi) is 5.88. The molecule has 118 valence electrons. The second kappa shape index (κ2) is 8.33. The van der Waals surface area contributed by atoms with Gasteiger partial charge in [-0.05, 0) is 31.2 Å². The molecule has 0 unspecified atom stereocenters. The lowest BCUT2D eigenvalue weighted by Crippen LogP contribution is -2.40. The maximum Gasteiger partial charge on any atom is 0.271 e. The van der Waals surface area contributed by atoms with Gasteiger partial charge in [-0.3, -0.25) is 25.4 Å². The Morgan fingerprint density at radius 1 is 1.17 bits per heavy atom. The minimum absolute atomic E-state index is 0.360. The molecule has 0 aliphatic carbocycles. The van der Waals surface area contributed by atoms with E-state index in [2.05, 4.69) is 15.8 Å². The highest BCUT2D eigenvalue weighted by Gasteiger charge is 2.05. The van der Waals surface area contributed by atoms with E-state index >= 15 is 0 Å². The molecule has 0 bridgehead atoms. The Morgan fingerprint density at radius 2 is 2.00 bits per heavy atom. The zero-order valence-corrected chi connectivity index (χ0v) is 12.7. The van der Waals surface area contributed by atoms with E-state index in [1.807, 2.05) is 31.2 Å². The monoisotopic (exact) mass is 311 g/mol. The molecule has 1 heterocycles. The average molecular weight is 311 g/mol. The molecule has 1 aromatic heterocycles. The van der Waals surface area contributed by atoms with Crippen molar-refractivity contribution in [3.05, 3.63) is 66.0 Å². The first-order valence-electron chi connectivity index (χ1n) is 7.11. The number of benzene rings is 1. The van der Waals surface area contributed by atoms with E-state index in [4.69, 9.17) is 4.74 Å². The smallest absolute Gasteiger partial charge is 0.271 e. The molecule has 0 aliphatic rings. The van der Waals surface area contributed by atoms with Gasteiger partial charge in [0.25, 0.3) is 11.8 Å². The van der Waals surface area contributed by atoms with E-state index in [9.17, 15) is 9.59 Å². The van der Waals surface area contributed by atoms with Crippen molar-refractivity contribution in [2.75, 3.05) is 6.61 Å². The second-order valence-corrected chi connectivity index (χ2v) is 4.49. The number of carbonyl (C=O) groups is 2. The fraction of sp³-hybridized carbons (Fsp3) is 0.118. The summed E-state index contributed by atoms with van der Waals surface area (Å²) < 4.78 is 5.47. The number of carbonyl (C=O) groups excluding carboxylic acids is 2. The van der Waals surface area contributed by atoms with E-state index < -0.39 is 11.8 Å². The van der Waals surface area contributed by atoms with Crippen molar-refractivity contribution in [2.24, 2.45) is 0 Å². The molecule has 0 saturated carbocycles. The molecule has 1 aromatic carbocycles. The molecule has 0 saturated heterocycles. The van der Waals surface area contributed by atoms with Gasteiger partial charge in [0.05, 0.1) is 12.2 Å². The summed E-state index contributed by atoms with van der Waals surface area (Å²) in [5, 5.41) is 0. The Morgan fingerprint density at radius 3 is 2.74 bits per heavy atom. The van der Waals surface area contributed by atoms with Crippen LogP contribution in [0.25, 0.3) is 6.08 Å². The van der Waals surface area contributed by atoms with Crippen molar-refractivity contribution in [2.45, 2.75) is 6.92 Å². The molecular weight excluding hydrogens is 294 g/mol. The molecule has 6 heteroatoms. The zero-order chi connectivity index (χ0) is 16.5. The van der Waals surface area contributed by atoms with Crippen molar-refractivity contribution < 1.29 is 14.3 Å². The lowest BCUT2D eigenvalue weighted by Gasteiger charge is -2.07. The number of hydrogen-bond donors (Lipinski definition) is 2. The predicted molar refractivity (Wildman–Crippen MR) is 86.5 cm³/mol. The van der Waals surface area contributed by atoms with Crippen LogP contribution >= 0.6 is 0 Å². The quantitative estimate of drug-likeness (QED) is 0.653. The molecule has 0 fully saturated rings. The highest BCUT2D eigenvalue weighted by Crippen LogP contribution is 2.19. The van der Waals surface area contributed by atoms with Crippen LogP contribution in [0.5, 0.6) is 5.75 Å². The largest absolute Gasteiger partial charge is 0.493 e. The number of ether oxygens (including phenoxy) is 1. The van der Waals surface area contributed by atoms with Crippen molar-refractivity contribution in [3.63, 3.8) is 0 Å². The van der Waals surface area contributed by atoms with Gasteiger partial charge in [0, 0.05) is 24.0 Å². The number of hydrazine groups is 1. The van der Waals surface area contributed by atoms with Gasteiger partial charge in [0.15, 0.2) is 0 Å². The maximum absolute atomic E-state index is 11.8. The number of pyridine rings is 1. The Bertz CT molecular complexity index is 699. The summed E-state index contributed by atoms with van der Waals surface area (Å²) in [4.78, 5) is 27.3. The van der Waals surface area contributed by atoms with Gasteiger partial charge in [-0.15, -0.1) is 0 Å². The third-order valence-corrected chi connectivity index (χ3v) is 2.86. The minimum Gasteiger partial charge on any atom is -0.493 e. The summed E-state index contributed by atoms with van der Waals surface area (Å²) in [6, 6.07) is 10.6. The van der Waals surface area contributed by atoms with Gasteiger partial charge < -0.3 is 4.74 Å². The molecule has 0 atom stereocenters. The first-order valence-corrected chi connectivity index (χ1v) is 7.11. The number of nitrogens with zero attached hydrogens (tertiary/aromatic N) is 1. The van der Waals surface area contributed by atoms with Crippen molar-refractivity contribution in [1.29, 1.82) is 0 Å². The summed E-state index contributed by atoms with van der Waals surface area (Å²) in [5.41, 5.74) is 5.76. The Balaban J connectivity index is 1.91. The van der Waals surface area contributed by atoms with Gasteiger partial charge in [-0.2, -0.15) is 0 Å². The standard InChI is InChI=1S/C17H17N3O3/c1-2-23-15-8-4-3-6-13(15)9-10-16(21)19-20-17(22)14-7-5-11-18-12-14/h3-12H,2H2,1H3,(H,19,21)(H,20,22)/b10-9+. The summed E-state index contributed by atoms with van der Waals surface area (Å²) in [6.07, 6.45) is 5.92. The summed E-state index contributed by atoms with van der Waals surface area (Å²) >= 11 is 0. The second-order valence-electron chi connectivity index (χ2n) is 4.49. The molecule has 23 heavy (non-hydrogen) atoms. The SMILES string of the molecule is CCOc1ccccc1/C=C/C(=O)NNC(=O)c1cccnc1. The summed E-state index contributed by atoms with van der Waals surface area (Å²) in [7, 11) is 0. The van der Waals surface area contributed by atoms with Crippen LogP contribution in [0.2, 0.25) is 0 Å². The molecular formula is C17H17N3O3. The third-order valence-electron chi connectivity index (χ3n) is 2.86. The number of para-hydroxylation sites is 1. The lowest BCUT2D eigenvalue weighted by atomic mass is 10.2. The summed E-state index contributed by atoms with van der Waals surface area (Å²) in [5.74, 6) is -0.193. The van der Waals surface area contributed by atoms with Crippen LogP contribution in [0.1, 0.15) is 22.8 Å². The molecule has 6 nitrogen and oxygen atoms in total. The topological polar surface area (TPSA) is 80.3 Å². The van der Waals surface area contributed by atoms with E-state index in [1.165, 1.54) is 12.3 Å². The van der Waals surface area contributed by atoms with Gasteiger partial charge in [-0.25, -0.2) is 0 Å². The number of rotatable bonds is 5. The first kappa shape index (κ1) is 16.2. The lowest BCUT2D eigenvalue weighted by molar-refractivity contribution is -0.117. The first-order chi connectivity index (χ1) is 11.2. The van der Waals surface area contributed by atoms with Crippen LogP contribution in [-0.4, -0.2) is 23.4 Å². The van der Waals surface area contributed by atoms with Crippen molar-refractivity contribution in [1.82, 2.24) is 15.8 Å². The van der Waals surface area contributed by atoms with Crippen LogP contribution in [0.4, 0.5) is 0 Å². The molecule has 2 amide bonds. The number of aromatic nitrogens is 1.